The molecule has 1 aliphatic heterocycles. The molecular weight excluding hydrogens is 364 g/mol. The van der Waals surface area contributed by atoms with E-state index in [0.29, 0.717) is 37.4 Å². The third-order valence-corrected chi connectivity index (χ3v) is 5.23. The van der Waals surface area contributed by atoms with Gasteiger partial charge in [0.25, 0.3) is 5.91 Å². The number of thiazole rings is 1. The molecule has 1 atom stereocenters. The van der Waals surface area contributed by atoms with Crippen LogP contribution < -0.4 is 0 Å². The van der Waals surface area contributed by atoms with E-state index >= 15 is 0 Å². The molecule has 0 unspecified atom stereocenters. The second-order valence-corrected chi connectivity index (χ2v) is 7.05. The van der Waals surface area contributed by atoms with Gasteiger partial charge >= 0.3 is 5.97 Å². The molecule has 0 aliphatic carbocycles. The maximum absolute atomic E-state index is 13.0. The number of hydrogen-bond donors (Lipinski definition) is 0. The molecule has 1 fully saturated rings. The van der Waals surface area contributed by atoms with E-state index in [9.17, 15) is 9.59 Å². The van der Waals surface area contributed by atoms with Gasteiger partial charge in [-0.1, -0.05) is 30.3 Å². The van der Waals surface area contributed by atoms with Crippen molar-refractivity contribution in [2.75, 3.05) is 26.3 Å². The Hall–Kier alpha value is -2.77. The summed E-state index contributed by atoms with van der Waals surface area (Å²) in [6, 6.07) is 14.3. The summed E-state index contributed by atoms with van der Waals surface area (Å²) in [7, 11) is 0. The van der Waals surface area contributed by atoms with Crippen LogP contribution in [0, 0.1) is 0 Å². The Bertz CT molecular complexity index is 951. The number of rotatable bonds is 4. The van der Waals surface area contributed by atoms with Gasteiger partial charge in [0.15, 0.2) is 0 Å². The van der Waals surface area contributed by atoms with Gasteiger partial charge in [-0.3, -0.25) is 4.79 Å². The summed E-state index contributed by atoms with van der Waals surface area (Å²) in [6.07, 6.45) is -0.978. The lowest BCUT2D eigenvalue weighted by molar-refractivity contribution is -0.145. The molecule has 0 spiro atoms. The molecular formula is C20H18N2O4S. The highest BCUT2D eigenvalue weighted by Gasteiger charge is 2.30. The van der Waals surface area contributed by atoms with Crippen LogP contribution in [0.3, 0.4) is 0 Å². The number of carbonyl (C=O) groups excluding carboxylic acids is 2. The Morgan fingerprint density at radius 1 is 1.11 bits per heavy atom. The van der Waals surface area contributed by atoms with Crippen LogP contribution in [0.2, 0.25) is 0 Å². The zero-order valence-electron chi connectivity index (χ0n) is 14.5. The smallest absolute Gasteiger partial charge is 0.339 e. The first-order chi connectivity index (χ1) is 13.2. The summed E-state index contributed by atoms with van der Waals surface area (Å²) < 4.78 is 11.9. The van der Waals surface area contributed by atoms with E-state index in [1.54, 1.807) is 40.7 Å². The fourth-order valence-electron chi connectivity index (χ4n) is 3.00. The summed E-state index contributed by atoms with van der Waals surface area (Å²) >= 11 is 1.46. The lowest BCUT2D eigenvalue weighted by Crippen LogP contribution is -2.44. The average Bonchev–Trinajstić information content (AvgIpc) is 3.20. The minimum Gasteiger partial charge on any atom is -0.444 e. The molecule has 3 aromatic rings. The van der Waals surface area contributed by atoms with Crippen LogP contribution in [0.4, 0.5) is 0 Å². The van der Waals surface area contributed by atoms with Gasteiger partial charge in [-0.05, 0) is 18.2 Å². The Labute approximate surface area is 160 Å². The van der Waals surface area contributed by atoms with E-state index in [2.05, 4.69) is 4.98 Å². The van der Waals surface area contributed by atoms with E-state index in [1.165, 1.54) is 11.3 Å². The summed E-state index contributed by atoms with van der Waals surface area (Å²) in [6.45, 7) is 1.96. The lowest BCUT2D eigenvalue weighted by Gasteiger charge is -2.30. The topological polar surface area (TPSA) is 68.7 Å². The van der Waals surface area contributed by atoms with E-state index < -0.39 is 12.1 Å². The minimum atomic E-state index is -0.978. The molecule has 2 heterocycles. The van der Waals surface area contributed by atoms with Crippen molar-refractivity contribution in [2.45, 2.75) is 6.10 Å². The van der Waals surface area contributed by atoms with Crippen LogP contribution in [-0.4, -0.2) is 48.1 Å². The lowest BCUT2D eigenvalue weighted by atomic mass is 10.1. The Balaban J connectivity index is 1.59. The van der Waals surface area contributed by atoms with Gasteiger partial charge in [-0.15, -0.1) is 11.3 Å². The van der Waals surface area contributed by atoms with Gasteiger partial charge in [0.1, 0.15) is 0 Å². The molecule has 0 radical (unpaired) electrons. The SMILES string of the molecule is O=C(O[C@H](C(=O)N1CCOCC1)c1ccccc1)c1ccc2ncsc2c1. The normalized spacial score (nSPS) is 15.5. The zero-order chi connectivity index (χ0) is 18.6. The van der Waals surface area contributed by atoms with Crippen LogP contribution in [0.25, 0.3) is 10.2 Å². The van der Waals surface area contributed by atoms with Gasteiger partial charge in [-0.25, -0.2) is 9.78 Å². The Morgan fingerprint density at radius 3 is 2.67 bits per heavy atom. The number of fused-ring (bicyclic) bond motifs is 1. The van der Waals surface area contributed by atoms with E-state index in [4.69, 9.17) is 9.47 Å². The highest BCUT2D eigenvalue weighted by Crippen LogP contribution is 2.24. The van der Waals surface area contributed by atoms with Crippen molar-refractivity contribution in [3.8, 4) is 0 Å². The van der Waals surface area contributed by atoms with Crippen molar-refractivity contribution in [2.24, 2.45) is 0 Å². The zero-order valence-corrected chi connectivity index (χ0v) is 15.4. The van der Waals surface area contributed by atoms with Gasteiger partial charge < -0.3 is 14.4 Å². The molecule has 27 heavy (non-hydrogen) atoms. The molecule has 4 rings (SSSR count). The van der Waals surface area contributed by atoms with Gasteiger partial charge in [-0.2, -0.15) is 0 Å². The fraction of sp³-hybridized carbons (Fsp3) is 0.250. The monoisotopic (exact) mass is 382 g/mol. The van der Waals surface area contributed by atoms with Crippen molar-refractivity contribution < 1.29 is 19.1 Å². The highest BCUT2D eigenvalue weighted by molar-refractivity contribution is 7.16. The van der Waals surface area contributed by atoms with Crippen LogP contribution in [0.5, 0.6) is 0 Å². The summed E-state index contributed by atoms with van der Waals surface area (Å²) in [4.78, 5) is 31.7. The predicted octanol–water partition coefficient (Wildman–Crippen LogP) is 3.05. The summed E-state index contributed by atoms with van der Waals surface area (Å²) in [5.41, 5.74) is 3.62. The fourth-order valence-corrected chi connectivity index (χ4v) is 3.71. The third-order valence-electron chi connectivity index (χ3n) is 4.44. The second kappa shape index (κ2) is 7.85. The van der Waals surface area contributed by atoms with E-state index in [1.807, 2.05) is 18.2 Å². The van der Waals surface area contributed by atoms with Gasteiger partial charge in [0, 0.05) is 18.7 Å². The number of carbonyl (C=O) groups is 2. The van der Waals surface area contributed by atoms with E-state index in [-0.39, 0.29) is 5.91 Å². The number of aromatic nitrogens is 1. The first kappa shape index (κ1) is 17.6. The summed E-state index contributed by atoms with van der Waals surface area (Å²) in [5, 5.41) is 0. The van der Waals surface area contributed by atoms with Crippen LogP contribution in [-0.2, 0) is 14.3 Å². The first-order valence-electron chi connectivity index (χ1n) is 8.68. The minimum absolute atomic E-state index is 0.225. The molecule has 1 aromatic heterocycles. The van der Waals surface area contributed by atoms with Crippen LogP contribution in [0.1, 0.15) is 22.0 Å². The van der Waals surface area contributed by atoms with E-state index in [0.717, 1.165) is 10.2 Å². The van der Waals surface area contributed by atoms with Crippen molar-refractivity contribution in [3.63, 3.8) is 0 Å². The molecule has 0 saturated carbocycles. The van der Waals surface area contributed by atoms with Crippen molar-refractivity contribution in [1.82, 2.24) is 9.88 Å². The highest BCUT2D eigenvalue weighted by atomic mass is 32.1. The predicted molar refractivity (Wildman–Crippen MR) is 102 cm³/mol. The number of hydrogen-bond acceptors (Lipinski definition) is 6. The van der Waals surface area contributed by atoms with Crippen LogP contribution >= 0.6 is 11.3 Å². The largest absolute Gasteiger partial charge is 0.444 e. The van der Waals surface area contributed by atoms with Gasteiger partial charge in [0.05, 0.1) is 34.5 Å². The number of amides is 1. The molecule has 0 N–H and O–H groups in total. The second-order valence-electron chi connectivity index (χ2n) is 6.17. The molecule has 6 nitrogen and oxygen atoms in total. The number of ether oxygens (including phenoxy) is 2. The number of morpholine rings is 1. The molecule has 0 bridgehead atoms. The quantitative estimate of drug-likeness (QED) is 0.649. The standard InChI is InChI=1S/C20H18N2O4S/c23-19(22-8-10-25-11-9-22)18(14-4-2-1-3-5-14)26-20(24)15-6-7-16-17(12-15)27-13-21-16/h1-7,12-13,18H,8-11H2/t18-/m0/s1. The van der Waals surface area contributed by atoms with Crippen LogP contribution in [0.15, 0.2) is 54.0 Å². The molecule has 1 aliphatic rings. The molecule has 1 saturated heterocycles. The average molecular weight is 382 g/mol. The summed E-state index contributed by atoms with van der Waals surface area (Å²) in [5.74, 6) is -0.752. The maximum Gasteiger partial charge on any atom is 0.339 e. The van der Waals surface area contributed by atoms with Crippen molar-refractivity contribution in [3.05, 3.63) is 65.2 Å². The Morgan fingerprint density at radius 2 is 1.89 bits per heavy atom. The third kappa shape index (κ3) is 3.84. The molecule has 2 aromatic carbocycles. The maximum atomic E-state index is 13.0. The number of nitrogens with zero attached hydrogens (tertiary/aromatic N) is 2. The first-order valence-corrected chi connectivity index (χ1v) is 9.56. The van der Waals surface area contributed by atoms with Crippen molar-refractivity contribution in [1.29, 1.82) is 0 Å². The Kier molecular flexibility index (Phi) is 5.13. The van der Waals surface area contributed by atoms with Gasteiger partial charge in [0.2, 0.25) is 6.10 Å². The molecule has 1 amide bonds. The number of benzene rings is 2. The number of esters is 1. The molecule has 138 valence electrons. The van der Waals surface area contributed by atoms with Crippen molar-refractivity contribution >= 4 is 33.4 Å². The molecule has 7 heteroatoms.